The van der Waals surface area contributed by atoms with Gasteiger partial charge >= 0.3 is 12.4 Å². The fourth-order valence-corrected chi connectivity index (χ4v) is 2.17. The standard InChI is InChI=1S/C15H9F6NO/c16-14(17,18)9-4-1-3-8(7-9)10-5-2-6-11(13(22)23)12(10)15(19,20)21/h1-7H,(H2,22,23). The number of rotatable bonds is 2. The zero-order chi connectivity index (χ0) is 17.4. The van der Waals surface area contributed by atoms with Crippen molar-refractivity contribution in [3.63, 3.8) is 0 Å². The van der Waals surface area contributed by atoms with Crippen LogP contribution in [0.1, 0.15) is 21.5 Å². The molecule has 0 spiro atoms. The van der Waals surface area contributed by atoms with Crippen molar-refractivity contribution in [3.8, 4) is 11.1 Å². The summed E-state index contributed by atoms with van der Waals surface area (Å²) in [5.74, 6) is -1.31. The molecule has 2 aromatic rings. The summed E-state index contributed by atoms with van der Waals surface area (Å²) in [6.07, 6.45) is -9.65. The summed E-state index contributed by atoms with van der Waals surface area (Å²) >= 11 is 0. The average molecular weight is 333 g/mol. The van der Waals surface area contributed by atoms with Gasteiger partial charge in [0.05, 0.1) is 16.7 Å². The van der Waals surface area contributed by atoms with Crippen molar-refractivity contribution in [2.75, 3.05) is 0 Å². The predicted molar refractivity (Wildman–Crippen MR) is 70.4 cm³/mol. The molecule has 23 heavy (non-hydrogen) atoms. The molecule has 2 aromatic carbocycles. The number of hydrogen-bond donors (Lipinski definition) is 1. The van der Waals surface area contributed by atoms with E-state index in [1.54, 1.807) is 0 Å². The first kappa shape index (κ1) is 16.9. The minimum absolute atomic E-state index is 0.310. The van der Waals surface area contributed by atoms with Crippen molar-refractivity contribution < 1.29 is 31.1 Å². The fourth-order valence-electron chi connectivity index (χ4n) is 2.17. The summed E-state index contributed by atoms with van der Waals surface area (Å²) in [6, 6.07) is 6.43. The fraction of sp³-hybridized carbons (Fsp3) is 0.133. The van der Waals surface area contributed by atoms with Gasteiger partial charge in [0.2, 0.25) is 5.91 Å². The molecule has 0 saturated heterocycles. The SMILES string of the molecule is NC(=O)c1cccc(-c2cccc(C(F)(F)F)c2)c1C(F)(F)F. The Hall–Kier alpha value is -2.51. The highest BCUT2D eigenvalue weighted by atomic mass is 19.4. The molecule has 0 fully saturated rings. The van der Waals surface area contributed by atoms with Gasteiger partial charge in [-0.15, -0.1) is 0 Å². The van der Waals surface area contributed by atoms with Gasteiger partial charge < -0.3 is 5.73 Å². The summed E-state index contributed by atoms with van der Waals surface area (Å²) in [4.78, 5) is 11.2. The lowest BCUT2D eigenvalue weighted by Gasteiger charge is -2.17. The third-order valence-electron chi connectivity index (χ3n) is 3.11. The molecule has 0 unspecified atom stereocenters. The van der Waals surface area contributed by atoms with E-state index in [2.05, 4.69) is 0 Å². The van der Waals surface area contributed by atoms with Crippen LogP contribution in [-0.2, 0) is 12.4 Å². The second-order valence-corrected chi connectivity index (χ2v) is 4.67. The number of halogens is 6. The van der Waals surface area contributed by atoms with E-state index in [1.807, 2.05) is 0 Å². The Labute approximate surface area is 126 Å². The number of primary amides is 1. The highest BCUT2D eigenvalue weighted by molar-refractivity contribution is 5.96. The van der Waals surface area contributed by atoms with Crippen molar-refractivity contribution in [1.82, 2.24) is 0 Å². The third kappa shape index (κ3) is 3.46. The van der Waals surface area contributed by atoms with E-state index in [1.165, 1.54) is 0 Å². The number of alkyl halides is 6. The Balaban J connectivity index is 2.74. The number of carbonyl (C=O) groups excluding carboxylic acids is 1. The predicted octanol–water partition coefficient (Wildman–Crippen LogP) is 4.49. The number of benzene rings is 2. The van der Waals surface area contributed by atoms with Gasteiger partial charge in [-0.2, -0.15) is 26.3 Å². The highest BCUT2D eigenvalue weighted by Gasteiger charge is 2.38. The van der Waals surface area contributed by atoms with Crippen molar-refractivity contribution in [2.45, 2.75) is 12.4 Å². The van der Waals surface area contributed by atoms with E-state index in [0.717, 1.165) is 36.4 Å². The molecule has 2 nitrogen and oxygen atoms in total. The minimum atomic E-state index is -4.95. The third-order valence-corrected chi connectivity index (χ3v) is 3.11. The molecule has 0 saturated carbocycles. The maximum absolute atomic E-state index is 13.3. The summed E-state index contributed by atoms with van der Waals surface area (Å²) < 4.78 is 78.0. The molecule has 0 heterocycles. The molecule has 2 rings (SSSR count). The van der Waals surface area contributed by atoms with E-state index in [0.29, 0.717) is 6.07 Å². The van der Waals surface area contributed by atoms with Crippen LogP contribution in [-0.4, -0.2) is 5.91 Å². The summed E-state index contributed by atoms with van der Waals surface area (Å²) in [7, 11) is 0. The molecule has 0 aromatic heterocycles. The van der Waals surface area contributed by atoms with E-state index >= 15 is 0 Å². The molecule has 8 heteroatoms. The molecular formula is C15H9F6NO. The van der Waals surface area contributed by atoms with E-state index in [9.17, 15) is 31.1 Å². The van der Waals surface area contributed by atoms with Crippen LogP contribution in [0.15, 0.2) is 42.5 Å². The Morgan fingerprint density at radius 2 is 1.48 bits per heavy atom. The topological polar surface area (TPSA) is 43.1 Å². The van der Waals surface area contributed by atoms with Gasteiger partial charge in [-0.05, 0) is 29.3 Å². The van der Waals surface area contributed by atoms with Crippen LogP contribution in [0, 0.1) is 0 Å². The molecule has 0 radical (unpaired) electrons. The molecule has 122 valence electrons. The van der Waals surface area contributed by atoms with Crippen LogP contribution < -0.4 is 5.73 Å². The zero-order valence-corrected chi connectivity index (χ0v) is 11.3. The normalized spacial score (nSPS) is 12.3. The summed E-state index contributed by atoms with van der Waals surface area (Å²) in [5, 5.41) is 0. The van der Waals surface area contributed by atoms with Gasteiger partial charge in [0.15, 0.2) is 0 Å². The van der Waals surface area contributed by atoms with Crippen molar-refractivity contribution in [3.05, 3.63) is 59.2 Å². The number of hydrogen-bond acceptors (Lipinski definition) is 1. The molecule has 0 bridgehead atoms. The van der Waals surface area contributed by atoms with Crippen LogP contribution in [0.3, 0.4) is 0 Å². The van der Waals surface area contributed by atoms with Crippen LogP contribution in [0.2, 0.25) is 0 Å². The maximum Gasteiger partial charge on any atom is 0.417 e. The van der Waals surface area contributed by atoms with Crippen molar-refractivity contribution in [2.24, 2.45) is 5.73 Å². The van der Waals surface area contributed by atoms with Crippen LogP contribution in [0.5, 0.6) is 0 Å². The van der Waals surface area contributed by atoms with Gasteiger partial charge in [0, 0.05) is 0 Å². The van der Waals surface area contributed by atoms with Crippen molar-refractivity contribution >= 4 is 5.91 Å². The quantitative estimate of drug-likeness (QED) is 0.809. The van der Waals surface area contributed by atoms with Gasteiger partial charge in [0.1, 0.15) is 0 Å². The Morgan fingerprint density at radius 1 is 0.870 bits per heavy atom. The van der Waals surface area contributed by atoms with Crippen LogP contribution in [0.25, 0.3) is 11.1 Å². The second-order valence-electron chi connectivity index (χ2n) is 4.67. The van der Waals surface area contributed by atoms with Crippen LogP contribution in [0.4, 0.5) is 26.3 Å². The summed E-state index contributed by atoms with van der Waals surface area (Å²) in [5.41, 5.74) is 0.843. The molecule has 0 aliphatic heterocycles. The van der Waals surface area contributed by atoms with Crippen LogP contribution >= 0.6 is 0 Å². The Morgan fingerprint density at radius 3 is 2.00 bits per heavy atom. The maximum atomic E-state index is 13.3. The monoisotopic (exact) mass is 333 g/mol. The number of nitrogens with two attached hydrogens (primary N) is 1. The van der Waals surface area contributed by atoms with Gasteiger partial charge in [-0.25, -0.2) is 0 Å². The van der Waals surface area contributed by atoms with E-state index in [4.69, 9.17) is 5.73 Å². The lowest BCUT2D eigenvalue weighted by atomic mass is 9.93. The van der Waals surface area contributed by atoms with E-state index in [-0.39, 0.29) is 5.56 Å². The summed E-state index contributed by atoms with van der Waals surface area (Å²) in [6.45, 7) is 0. The molecular weight excluding hydrogens is 324 g/mol. The molecule has 0 aliphatic carbocycles. The smallest absolute Gasteiger partial charge is 0.366 e. The highest BCUT2D eigenvalue weighted by Crippen LogP contribution is 2.40. The Kier molecular flexibility index (Phi) is 4.10. The molecule has 2 N–H and O–H groups in total. The first-order valence-electron chi connectivity index (χ1n) is 6.19. The van der Waals surface area contributed by atoms with E-state index < -0.39 is 40.5 Å². The molecule has 1 amide bonds. The minimum Gasteiger partial charge on any atom is -0.366 e. The Bertz CT molecular complexity index is 748. The van der Waals surface area contributed by atoms with Gasteiger partial charge in [-0.1, -0.05) is 24.3 Å². The number of carbonyl (C=O) groups is 1. The van der Waals surface area contributed by atoms with Gasteiger partial charge in [-0.3, -0.25) is 4.79 Å². The first-order valence-corrected chi connectivity index (χ1v) is 6.19. The first-order chi connectivity index (χ1) is 10.5. The largest absolute Gasteiger partial charge is 0.417 e. The number of amides is 1. The van der Waals surface area contributed by atoms with Crippen molar-refractivity contribution in [1.29, 1.82) is 0 Å². The lowest BCUT2D eigenvalue weighted by Crippen LogP contribution is -2.19. The zero-order valence-electron chi connectivity index (χ0n) is 11.3. The molecule has 0 aliphatic rings. The second kappa shape index (κ2) is 5.60. The lowest BCUT2D eigenvalue weighted by molar-refractivity contribution is -0.137. The molecule has 0 atom stereocenters. The average Bonchev–Trinajstić information content (AvgIpc) is 2.44. The van der Waals surface area contributed by atoms with Gasteiger partial charge in [0.25, 0.3) is 0 Å².